The summed E-state index contributed by atoms with van der Waals surface area (Å²) in [4.78, 5) is 125. The first-order chi connectivity index (χ1) is 47.4. The molecule has 2 saturated carbocycles. The van der Waals surface area contributed by atoms with E-state index in [-0.39, 0.29) is 23.0 Å². The molecule has 14 unspecified atom stereocenters. The first-order valence-electron chi connectivity index (χ1n) is 29.8. The fourth-order valence-corrected chi connectivity index (χ4v) is 13.5. The molecule has 0 aromatic heterocycles. The van der Waals surface area contributed by atoms with Gasteiger partial charge in [-0.1, -0.05) is 24.3 Å². The number of carbonyl (C=O) groups is 12. The topological polar surface area (TPSA) is 754 Å². The monoisotopic (exact) mass is 1460 g/mol. The summed E-state index contributed by atoms with van der Waals surface area (Å²) < 4.78 is 24.3. The van der Waals surface area contributed by atoms with Gasteiger partial charge in [0.15, 0.2) is 72.6 Å². The Morgan fingerprint density at radius 2 is 0.667 bits per heavy atom. The third-order valence-electron chi connectivity index (χ3n) is 18.1. The minimum Gasteiger partial charge on any atom is -0.493 e. The molecule has 26 N–H and O–H groups in total. The molecule has 4 saturated heterocycles. The Morgan fingerprint density at radius 1 is 0.431 bits per heavy atom. The lowest BCUT2D eigenvalue weighted by molar-refractivity contribution is -0.165. The van der Waals surface area contributed by atoms with Crippen molar-refractivity contribution in [2.75, 3.05) is 41.4 Å². The number of allylic oxidation sites excluding steroid dienone is 6. The lowest BCUT2D eigenvalue weighted by Gasteiger charge is -2.59. The van der Waals surface area contributed by atoms with Crippen LogP contribution in [0.2, 0.25) is 0 Å². The average molecular weight is 1460 g/mol. The maximum absolute atomic E-state index is 11.2. The molecule has 44 nitrogen and oxygen atoms in total. The van der Waals surface area contributed by atoms with Crippen molar-refractivity contribution in [3.05, 3.63) is 71.6 Å². The summed E-state index contributed by atoms with van der Waals surface area (Å²) in [5.41, 5.74) is 16.6. The van der Waals surface area contributed by atoms with E-state index < -0.39 is 133 Å². The molecule has 4 bridgehead atoms. The number of rotatable bonds is 19. The summed E-state index contributed by atoms with van der Waals surface area (Å²) in [5.74, 6) is -11.9. The highest BCUT2D eigenvalue weighted by atomic mass is 16.5. The molecule has 0 radical (unpaired) electrons. The second-order valence-electron chi connectivity index (χ2n) is 23.8. The number of aliphatic hydroxyl groups is 10. The summed E-state index contributed by atoms with van der Waals surface area (Å²) in [7, 11) is 7.82. The van der Waals surface area contributed by atoms with Crippen LogP contribution < -0.4 is 22.3 Å². The van der Waals surface area contributed by atoms with Gasteiger partial charge in [-0.15, -0.1) is 0 Å². The summed E-state index contributed by atoms with van der Waals surface area (Å²) >= 11 is 0. The molecule has 6 aliphatic carbocycles. The number of hydrogen-bond donors (Lipinski definition) is 24. The van der Waals surface area contributed by atoms with Crippen molar-refractivity contribution in [2.24, 2.45) is 68.0 Å². The highest BCUT2D eigenvalue weighted by molar-refractivity contribution is 6.02. The number of primary amides is 2. The molecule has 22 atom stereocenters. The van der Waals surface area contributed by atoms with Crippen molar-refractivity contribution in [3.63, 3.8) is 0 Å². The Hall–Kier alpha value is -10.3. The number of hydrazone groups is 2. The lowest BCUT2D eigenvalue weighted by atomic mass is 9.48. The van der Waals surface area contributed by atoms with Crippen molar-refractivity contribution in [1.29, 1.82) is 0 Å². The molecule has 0 aromatic carbocycles. The van der Waals surface area contributed by atoms with Crippen LogP contribution in [0.1, 0.15) is 25.7 Å². The van der Waals surface area contributed by atoms with E-state index in [0.29, 0.717) is 47.6 Å². The molecule has 566 valence electrons. The van der Waals surface area contributed by atoms with Crippen molar-refractivity contribution in [1.82, 2.24) is 20.7 Å². The number of nitrogens with one attached hydrogen (secondary N) is 2. The van der Waals surface area contributed by atoms with Crippen LogP contribution in [0, 0.1) is 46.3 Å². The Balaban J connectivity index is 0.000000269. The Bertz CT molecular complexity index is 3030. The van der Waals surface area contributed by atoms with Gasteiger partial charge in [-0.2, -0.15) is 10.2 Å². The standard InChI is InChI=1S/2C19H24N4O3.5C4H6O6/c2*1-23-8-7-19-11-4-5-12(21-22-18(20)24)17(19)26-16-14(25-2)6-3-10(15(16)19)9-13(11)23;5*5-1(3(7)8)2(6)4(9)10/h2*3-6,10-11,13,15,17H,7-9H2,1-2H3,(H3,20,22,24);5*1-2,5-6H,(H,7,8)(H,9,10)/t2*10?,11-,13+,15?,17-,19-;;;;;/m00...../s1. The fourth-order valence-electron chi connectivity index (χ4n) is 13.5. The van der Waals surface area contributed by atoms with E-state index in [1.807, 2.05) is 24.3 Å². The van der Waals surface area contributed by atoms with E-state index in [1.54, 1.807) is 14.2 Å². The average Bonchev–Trinajstić information content (AvgIpc) is 1.49. The first kappa shape index (κ1) is 84.2. The van der Waals surface area contributed by atoms with Gasteiger partial charge in [-0.25, -0.2) is 68.4 Å². The zero-order valence-corrected chi connectivity index (χ0v) is 53.8. The van der Waals surface area contributed by atoms with Gasteiger partial charge in [0.25, 0.3) is 0 Å². The smallest absolute Gasteiger partial charge is 0.335 e. The number of amides is 4. The molecule has 6 fully saturated rings. The number of carboxylic acid groups (broad SMARTS) is 10. The van der Waals surface area contributed by atoms with Crippen molar-refractivity contribution in [3.8, 4) is 0 Å². The maximum atomic E-state index is 11.2. The lowest BCUT2D eigenvalue weighted by Crippen LogP contribution is -2.64. The fraction of sp³-hybridized carbons (Fsp3) is 0.552. The number of aliphatic hydroxyl groups excluding tert-OH is 10. The minimum absolute atomic E-state index is 0.0448. The van der Waals surface area contributed by atoms with Crippen LogP contribution in [0.15, 0.2) is 81.8 Å². The number of carboxylic acids is 10. The summed E-state index contributed by atoms with van der Waals surface area (Å²) in [6.45, 7) is 2.07. The Labute approximate surface area is 573 Å². The number of likely N-dealkylation sites (tertiary alicyclic amines) is 2. The summed E-state index contributed by atoms with van der Waals surface area (Å²) in [6.07, 6.45) is -1.52. The number of hydrogen-bond acceptors (Lipinski definition) is 30. The molecular weight excluding hydrogens is 1380 g/mol. The Morgan fingerprint density at radius 3 is 0.873 bits per heavy atom. The van der Waals surface area contributed by atoms with Crippen LogP contribution in [-0.2, 0) is 66.9 Å². The second kappa shape index (κ2) is 35.4. The van der Waals surface area contributed by atoms with Crippen LogP contribution in [0.25, 0.3) is 0 Å². The first-order valence-corrected chi connectivity index (χ1v) is 29.8. The van der Waals surface area contributed by atoms with Crippen molar-refractivity contribution in [2.45, 2.75) is 111 Å². The van der Waals surface area contributed by atoms with E-state index in [4.69, 9.17) is 133 Å². The maximum Gasteiger partial charge on any atom is 0.335 e. The van der Waals surface area contributed by atoms with Gasteiger partial charge in [0.1, 0.15) is 35.1 Å². The Kier molecular flexibility index (Phi) is 29.2. The van der Waals surface area contributed by atoms with Crippen molar-refractivity contribution < 1.29 is 179 Å². The van der Waals surface area contributed by atoms with Gasteiger partial charge < -0.3 is 142 Å². The van der Waals surface area contributed by atoms with E-state index >= 15 is 0 Å². The van der Waals surface area contributed by atoms with Gasteiger partial charge in [0, 0.05) is 46.6 Å². The highest BCUT2D eigenvalue weighted by Gasteiger charge is 2.71. The SMILES string of the molecule is COC1=C2O[C@H]3C(=NNC(N)=O)C=C[C@H]4[C@H]5CC(C=C1)C2[C@@]34CCN5C.COC1=C2O[C@H]3C(=NNC(N)=O)C=C[C@H]4[C@H]5CC(C=C1)C2[C@@]34CCN5C.O=C(O)C(O)C(O)C(=O)O.O=C(O)C(O)C(O)C(=O)O.O=C(O)C(O)C(O)C(=O)O.O=C(O)C(O)C(O)C(=O)O.O=C(O)C(O)C(O)C(=O)O. The van der Waals surface area contributed by atoms with Crippen LogP contribution in [-0.4, -0.2) is 322 Å². The van der Waals surface area contributed by atoms with Crippen LogP contribution in [0.5, 0.6) is 0 Å². The van der Waals surface area contributed by atoms with Gasteiger partial charge in [0.05, 0.1) is 14.2 Å². The van der Waals surface area contributed by atoms with E-state index in [0.717, 1.165) is 73.2 Å². The van der Waals surface area contributed by atoms with E-state index in [1.165, 1.54) is 0 Å². The number of nitrogens with zero attached hydrogens (tertiary/aromatic N) is 4. The largest absolute Gasteiger partial charge is 0.493 e. The quantitative estimate of drug-likeness (QED) is 0.0534. The minimum atomic E-state index is -2.27. The van der Waals surface area contributed by atoms with E-state index in [9.17, 15) is 57.5 Å². The molecule has 4 aliphatic heterocycles. The molecule has 44 heteroatoms. The number of ether oxygens (including phenoxy) is 4. The van der Waals surface area contributed by atoms with Crippen LogP contribution in [0.3, 0.4) is 0 Å². The number of nitrogens with two attached hydrogens (primary N) is 2. The molecule has 102 heavy (non-hydrogen) atoms. The third-order valence-corrected chi connectivity index (χ3v) is 18.1. The molecule has 10 rings (SSSR count). The zero-order valence-electron chi connectivity index (χ0n) is 53.8. The molecular formula is C58H78N8O36. The molecule has 2 spiro atoms. The van der Waals surface area contributed by atoms with Gasteiger partial charge in [0.2, 0.25) is 0 Å². The molecule has 4 heterocycles. The normalized spacial score (nSPS) is 30.1. The van der Waals surface area contributed by atoms with Gasteiger partial charge in [-0.05, 0) is 89.0 Å². The molecule has 4 amide bonds. The number of urea groups is 2. The van der Waals surface area contributed by atoms with Crippen molar-refractivity contribution >= 4 is 83.2 Å². The van der Waals surface area contributed by atoms with Gasteiger partial charge >= 0.3 is 71.8 Å². The predicted molar refractivity (Wildman–Crippen MR) is 328 cm³/mol. The summed E-state index contributed by atoms with van der Waals surface area (Å²) in [5, 5.41) is 171. The number of aliphatic carboxylic acids is 10. The number of carbonyl (C=O) groups excluding carboxylic acids is 2. The number of methoxy groups -OCH3 is 2. The van der Waals surface area contributed by atoms with Crippen LogP contribution >= 0.6 is 0 Å². The van der Waals surface area contributed by atoms with Crippen LogP contribution in [0.4, 0.5) is 9.59 Å². The third kappa shape index (κ3) is 18.4. The number of piperidine rings is 2. The second-order valence-corrected chi connectivity index (χ2v) is 23.8. The molecule has 10 aliphatic rings. The van der Waals surface area contributed by atoms with E-state index in [2.05, 4.69) is 69.3 Å². The highest BCUT2D eigenvalue weighted by Crippen LogP contribution is 2.68. The molecule has 0 aromatic rings. The predicted octanol–water partition coefficient (Wildman–Crippen LogP) is -7.91. The summed E-state index contributed by atoms with van der Waals surface area (Å²) in [6, 6.07) is -0.346. The van der Waals surface area contributed by atoms with Gasteiger partial charge in [-0.3, -0.25) is 0 Å². The zero-order chi connectivity index (χ0) is 77.7.